The molecule has 0 fully saturated rings. The van der Waals surface area contributed by atoms with Gasteiger partial charge in [0.25, 0.3) is 5.91 Å². The molecule has 1 amide bonds. The molecule has 0 spiro atoms. The van der Waals surface area contributed by atoms with Crippen molar-refractivity contribution < 1.29 is 9.18 Å². The van der Waals surface area contributed by atoms with E-state index in [0.717, 1.165) is 41.8 Å². The van der Waals surface area contributed by atoms with Gasteiger partial charge in [-0.15, -0.1) is 0 Å². The van der Waals surface area contributed by atoms with E-state index in [2.05, 4.69) is 5.10 Å². The average molecular weight is 363 g/mol. The van der Waals surface area contributed by atoms with Crippen molar-refractivity contribution in [1.29, 1.82) is 0 Å². The summed E-state index contributed by atoms with van der Waals surface area (Å²) in [6.45, 7) is 1.94. The van der Waals surface area contributed by atoms with E-state index in [4.69, 9.17) is 0 Å². The van der Waals surface area contributed by atoms with Crippen molar-refractivity contribution in [2.45, 2.75) is 32.2 Å². The van der Waals surface area contributed by atoms with Crippen LogP contribution in [-0.4, -0.2) is 27.6 Å². The summed E-state index contributed by atoms with van der Waals surface area (Å²) in [4.78, 5) is 14.9. The zero-order valence-corrected chi connectivity index (χ0v) is 15.5. The molecular formula is C22H22FN3O. The third-order valence-electron chi connectivity index (χ3n) is 5.39. The molecule has 1 aromatic heterocycles. The van der Waals surface area contributed by atoms with Crippen molar-refractivity contribution in [3.63, 3.8) is 0 Å². The number of benzene rings is 2. The molecule has 0 radical (unpaired) electrons. The monoisotopic (exact) mass is 363 g/mol. The van der Waals surface area contributed by atoms with E-state index >= 15 is 0 Å². The molecule has 1 aliphatic rings. The minimum absolute atomic E-state index is 0.0975. The number of carbonyl (C=O) groups excluding carboxylic acids is 1. The number of fused-ring (bicyclic) bond motifs is 1. The summed E-state index contributed by atoms with van der Waals surface area (Å²) in [6, 6.07) is 16.0. The van der Waals surface area contributed by atoms with Crippen LogP contribution in [-0.2, 0) is 12.8 Å². The topological polar surface area (TPSA) is 38.1 Å². The van der Waals surface area contributed by atoms with Crippen molar-refractivity contribution in [3.05, 3.63) is 82.9 Å². The number of aromatic nitrogens is 2. The summed E-state index contributed by atoms with van der Waals surface area (Å²) in [5.74, 6) is -0.376. The Bertz CT molecular complexity index is 963. The number of rotatable bonds is 4. The first kappa shape index (κ1) is 17.5. The normalized spacial score (nSPS) is 14.0. The molecule has 0 saturated carbocycles. The number of hydrogen-bond donors (Lipinski definition) is 0. The molecule has 0 N–H and O–H groups in total. The van der Waals surface area contributed by atoms with Gasteiger partial charge < -0.3 is 4.90 Å². The maximum absolute atomic E-state index is 13.2. The highest BCUT2D eigenvalue weighted by atomic mass is 19.1. The van der Waals surface area contributed by atoms with Crippen molar-refractivity contribution in [3.8, 4) is 5.69 Å². The molecule has 0 saturated heterocycles. The first-order valence-electron chi connectivity index (χ1n) is 9.25. The predicted octanol–water partition coefficient (Wildman–Crippen LogP) is 4.33. The van der Waals surface area contributed by atoms with Gasteiger partial charge in [-0.1, -0.05) is 30.3 Å². The lowest BCUT2D eigenvalue weighted by molar-refractivity contribution is 0.0735. The van der Waals surface area contributed by atoms with E-state index in [-0.39, 0.29) is 17.8 Å². The third-order valence-corrected chi connectivity index (χ3v) is 5.39. The maximum Gasteiger partial charge on any atom is 0.274 e. The molecule has 1 aliphatic carbocycles. The fraction of sp³-hybridized carbons (Fsp3) is 0.273. The number of carbonyl (C=O) groups is 1. The van der Waals surface area contributed by atoms with Crippen LogP contribution < -0.4 is 0 Å². The van der Waals surface area contributed by atoms with Gasteiger partial charge in [0.15, 0.2) is 5.69 Å². The maximum atomic E-state index is 13.2. The van der Waals surface area contributed by atoms with Gasteiger partial charge in [-0.25, -0.2) is 9.07 Å². The molecule has 1 atom stereocenters. The Morgan fingerprint density at radius 3 is 2.52 bits per heavy atom. The zero-order chi connectivity index (χ0) is 19.0. The molecule has 1 unspecified atom stereocenters. The molecule has 2 aromatic carbocycles. The van der Waals surface area contributed by atoms with E-state index in [1.165, 1.54) is 12.1 Å². The highest BCUT2D eigenvalue weighted by Crippen LogP contribution is 2.30. The van der Waals surface area contributed by atoms with Crippen molar-refractivity contribution in [1.82, 2.24) is 14.7 Å². The molecule has 138 valence electrons. The molecule has 3 aromatic rings. The first-order chi connectivity index (χ1) is 13.1. The first-order valence-corrected chi connectivity index (χ1v) is 9.25. The van der Waals surface area contributed by atoms with Gasteiger partial charge in [0.1, 0.15) is 5.82 Å². The van der Waals surface area contributed by atoms with Crippen LogP contribution in [0.5, 0.6) is 0 Å². The summed E-state index contributed by atoms with van der Waals surface area (Å²) in [7, 11) is 1.78. The Balaban J connectivity index is 1.67. The van der Waals surface area contributed by atoms with E-state index in [1.807, 2.05) is 41.9 Å². The summed E-state index contributed by atoms with van der Waals surface area (Å²) < 4.78 is 15.1. The number of amides is 1. The molecule has 1 heterocycles. The fourth-order valence-corrected chi connectivity index (χ4v) is 3.70. The van der Waals surface area contributed by atoms with Gasteiger partial charge in [0.05, 0.1) is 11.7 Å². The van der Waals surface area contributed by atoms with Crippen LogP contribution in [0.1, 0.15) is 46.7 Å². The van der Waals surface area contributed by atoms with Crippen LogP contribution in [0.25, 0.3) is 5.69 Å². The predicted molar refractivity (Wildman–Crippen MR) is 102 cm³/mol. The Kier molecular flexibility index (Phi) is 4.52. The number of nitrogens with zero attached hydrogens (tertiary/aromatic N) is 3. The van der Waals surface area contributed by atoms with Crippen molar-refractivity contribution >= 4 is 5.91 Å². The molecule has 4 nitrogen and oxygen atoms in total. The SMILES string of the molecule is CC(c1ccc(F)cc1)N(C)C(=O)c1nn(-c2ccccc2)c2c1CCC2. The Morgan fingerprint density at radius 2 is 1.81 bits per heavy atom. The van der Waals surface area contributed by atoms with Crippen molar-refractivity contribution in [2.24, 2.45) is 0 Å². The highest BCUT2D eigenvalue weighted by molar-refractivity contribution is 5.94. The molecule has 27 heavy (non-hydrogen) atoms. The highest BCUT2D eigenvalue weighted by Gasteiger charge is 2.30. The second-order valence-corrected chi connectivity index (χ2v) is 7.02. The van der Waals surface area contributed by atoms with Crippen LogP contribution in [0.15, 0.2) is 54.6 Å². The molecule has 0 bridgehead atoms. The Labute approximate surface area is 158 Å². The molecule has 5 heteroatoms. The zero-order valence-electron chi connectivity index (χ0n) is 15.5. The Morgan fingerprint density at radius 1 is 1.11 bits per heavy atom. The summed E-state index contributed by atoms with van der Waals surface area (Å²) in [5, 5.41) is 4.68. The lowest BCUT2D eigenvalue weighted by Crippen LogP contribution is -2.30. The van der Waals surface area contributed by atoms with Crippen LogP contribution >= 0.6 is 0 Å². The lowest BCUT2D eigenvalue weighted by atomic mass is 10.1. The van der Waals surface area contributed by atoms with E-state index in [0.29, 0.717) is 5.69 Å². The van der Waals surface area contributed by atoms with Crippen LogP contribution in [0.4, 0.5) is 4.39 Å². The number of halogens is 1. The van der Waals surface area contributed by atoms with Gasteiger partial charge in [0.2, 0.25) is 0 Å². The fourth-order valence-electron chi connectivity index (χ4n) is 3.70. The van der Waals surface area contributed by atoms with E-state index in [1.54, 1.807) is 24.1 Å². The Hall–Kier alpha value is -2.95. The molecule has 0 aliphatic heterocycles. The summed E-state index contributed by atoms with van der Waals surface area (Å²) >= 11 is 0. The van der Waals surface area contributed by atoms with Gasteiger partial charge in [-0.05, 0) is 56.0 Å². The van der Waals surface area contributed by atoms with E-state index < -0.39 is 0 Å². The minimum atomic E-state index is -0.278. The summed E-state index contributed by atoms with van der Waals surface area (Å²) in [5.41, 5.74) is 4.59. The van der Waals surface area contributed by atoms with Gasteiger partial charge in [0, 0.05) is 18.3 Å². The second kappa shape index (κ2) is 6.99. The lowest BCUT2D eigenvalue weighted by Gasteiger charge is -2.25. The number of hydrogen-bond acceptors (Lipinski definition) is 2. The van der Waals surface area contributed by atoms with Gasteiger partial charge >= 0.3 is 0 Å². The summed E-state index contributed by atoms with van der Waals surface area (Å²) in [6.07, 6.45) is 2.85. The van der Waals surface area contributed by atoms with Crippen LogP contribution in [0.3, 0.4) is 0 Å². The van der Waals surface area contributed by atoms with Gasteiger partial charge in [-0.2, -0.15) is 5.10 Å². The standard InChI is InChI=1S/C22H22FN3O/c1-15(16-11-13-17(23)14-12-16)25(2)22(27)21-19-9-6-10-20(19)26(24-21)18-7-4-3-5-8-18/h3-5,7-8,11-15H,6,9-10H2,1-2H3. The van der Waals surface area contributed by atoms with E-state index in [9.17, 15) is 9.18 Å². The van der Waals surface area contributed by atoms with Crippen LogP contribution in [0, 0.1) is 5.82 Å². The second-order valence-electron chi connectivity index (χ2n) is 7.02. The molecular weight excluding hydrogens is 341 g/mol. The number of para-hydroxylation sites is 1. The minimum Gasteiger partial charge on any atom is -0.334 e. The molecule has 4 rings (SSSR count). The van der Waals surface area contributed by atoms with Gasteiger partial charge in [-0.3, -0.25) is 4.79 Å². The van der Waals surface area contributed by atoms with Crippen LogP contribution in [0.2, 0.25) is 0 Å². The van der Waals surface area contributed by atoms with Crippen molar-refractivity contribution in [2.75, 3.05) is 7.05 Å². The average Bonchev–Trinajstić information content (AvgIpc) is 3.30. The quantitative estimate of drug-likeness (QED) is 0.692. The third kappa shape index (κ3) is 3.14. The smallest absolute Gasteiger partial charge is 0.274 e. The largest absolute Gasteiger partial charge is 0.334 e.